The van der Waals surface area contributed by atoms with Crippen molar-refractivity contribution in [2.45, 2.75) is 19.3 Å². The second kappa shape index (κ2) is 6.40. The zero-order valence-electron chi connectivity index (χ0n) is 10.4. The van der Waals surface area contributed by atoms with E-state index >= 15 is 0 Å². The van der Waals surface area contributed by atoms with Crippen LogP contribution in [0.5, 0.6) is 0 Å². The predicted molar refractivity (Wildman–Crippen MR) is 82.5 cm³/mol. The summed E-state index contributed by atoms with van der Waals surface area (Å²) in [5, 5.41) is 0. The summed E-state index contributed by atoms with van der Waals surface area (Å²) in [5.41, 5.74) is 4.02. The van der Waals surface area contributed by atoms with Gasteiger partial charge in [0.1, 0.15) is 0 Å². The molecule has 0 aliphatic carbocycles. The summed E-state index contributed by atoms with van der Waals surface area (Å²) < 4.78 is 1.11. The first-order valence-corrected chi connectivity index (χ1v) is 7.39. The van der Waals surface area contributed by atoms with E-state index in [9.17, 15) is 0 Å². The minimum absolute atomic E-state index is 0.376. The lowest BCUT2D eigenvalue weighted by molar-refractivity contribution is 0.762. The molecule has 0 radical (unpaired) electrons. The minimum Gasteiger partial charge on any atom is -0.126 e. The van der Waals surface area contributed by atoms with Gasteiger partial charge in [-0.1, -0.05) is 52.3 Å². The Labute approximate surface area is 122 Å². The Balaban J connectivity index is 2.20. The van der Waals surface area contributed by atoms with Crippen molar-refractivity contribution in [1.82, 2.24) is 0 Å². The van der Waals surface area contributed by atoms with Crippen molar-refractivity contribution in [3.63, 3.8) is 0 Å². The van der Waals surface area contributed by atoms with Crippen LogP contribution < -0.4 is 0 Å². The van der Waals surface area contributed by atoms with E-state index in [1.807, 2.05) is 0 Å². The van der Waals surface area contributed by atoms with Gasteiger partial charge in [0.25, 0.3) is 0 Å². The normalized spacial score (nSPS) is 12.4. The van der Waals surface area contributed by atoms with Gasteiger partial charge in [0.15, 0.2) is 0 Å². The molecule has 2 aromatic rings. The third kappa shape index (κ3) is 3.37. The van der Waals surface area contributed by atoms with E-state index in [-0.39, 0.29) is 0 Å². The summed E-state index contributed by atoms with van der Waals surface area (Å²) in [6.07, 6.45) is 0.998. The van der Waals surface area contributed by atoms with Crippen LogP contribution in [0.3, 0.4) is 0 Å². The van der Waals surface area contributed by atoms with E-state index in [0.717, 1.165) is 10.9 Å². The average Bonchev–Trinajstić information content (AvgIpc) is 2.39. The lowest BCUT2D eigenvalue weighted by atomic mass is 9.92. The van der Waals surface area contributed by atoms with Gasteiger partial charge in [-0.15, -0.1) is 11.6 Å². The maximum absolute atomic E-state index is 6.13. The lowest BCUT2D eigenvalue weighted by Gasteiger charge is -2.16. The van der Waals surface area contributed by atoms with Crippen LogP contribution in [-0.4, -0.2) is 5.88 Å². The van der Waals surface area contributed by atoms with Gasteiger partial charge in [-0.2, -0.15) is 0 Å². The molecule has 0 spiro atoms. The average molecular weight is 324 g/mol. The van der Waals surface area contributed by atoms with Crippen molar-refractivity contribution in [1.29, 1.82) is 0 Å². The Bertz CT molecular complexity index is 505. The predicted octanol–water partition coefficient (Wildman–Crippen LogP) is 5.32. The van der Waals surface area contributed by atoms with Gasteiger partial charge in [-0.3, -0.25) is 0 Å². The molecule has 0 aliphatic heterocycles. The van der Waals surface area contributed by atoms with Crippen molar-refractivity contribution in [2.24, 2.45) is 0 Å². The van der Waals surface area contributed by atoms with Gasteiger partial charge in [0.05, 0.1) is 0 Å². The number of rotatable bonds is 4. The monoisotopic (exact) mass is 322 g/mol. The molecular formula is C16H16BrCl. The van der Waals surface area contributed by atoms with Gasteiger partial charge in [-0.05, 0) is 42.2 Å². The van der Waals surface area contributed by atoms with Crippen molar-refractivity contribution in [2.75, 3.05) is 5.88 Å². The van der Waals surface area contributed by atoms with Crippen LogP contribution in [-0.2, 0) is 6.42 Å². The maximum Gasteiger partial charge on any atom is 0.0295 e. The standard InChI is InChI=1S/C16H16BrCl/c1-12-4-2-3-5-14(12)10-15(11-18)13-6-8-16(17)9-7-13/h2-9,15H,10-11H2,1H3. The van der Waals surface area contributed by atoms with Crippen LogP contribution in [0.1, 0.15) is 22.6 Å². The van der Waals surface area contributed by atoms with Crippen molar-refractivity contribution in [3.05, 3.63) is 69.7 Å². The van der Waals surface area contributed by atoms with Crippen molar-refractivity contribution < 1.29 is 0 Å². The molecule has 0 heterocycles. The number of benzene rings is 2. The van der Waals surface area contributed by atoms with Crippen molar-refractivity contribution in [3.8, 4) is 0 Å². The molecule has 0 bridgehead atoms. The summed E-state index contributed by atoms with van der Waals surface area (Å²) in [7, 11) is 0. The third-order valence-corrected chi connectivity index (χ3v) is 4.16. The van der Waals surface area contributed by atoms with Crippen LogP contribution in [0.2, 0.25) is 0 Å². The van der Waals surface area contributed by atoms with E-state index in [1.54, 1.807) is 0 Å². The van der Waals surface area contributed by atoms with Crippen LogP contribution in [0.25, 0.3) is 0 Å². The molecule has 2 aromatic carbocycles. The molecule has 1 unspecified atom stereocenters. The molecule has 0 N–H and O–H groups in total. The van der Waals surface area contributed by atoms with E-state index in [0.29, 0.717) is 11.8 Å². The second-order valence-corrected chi connectivity index (χ2v) is 5.76. The first-order chi connectivity index (χ1) is 8.70. The first-order valence-electron chi connectivity index (χ1n) is 6.06. The Morgan fingerprint density at radius 2 is 1.72 bits per heavy atom. The number of hydrogen-bond acceptors (Lipinski definition) is 0. The SMILES string of the molecule is Cc1ccccc1CC(CCl)c1ccc(Br)cc1. The van der Waals surface area contributed by atoms with Gasteiger partial charge in [-0.25, -0.2) is 0 Å². The summed E-state index contributed by atoms with van der Waals surface area (Å²) in [5.74, 6) is 1.02. The largest absolute Gasteiger partial charge is 0.126 e. The number of aryl methyl sites for hydroxylation is 1. The Hall–Kier alpha value is -0.790. The van der Waals surface area contributed by atoms with Crippen molar-refractivity contribution >= 4 is 27.5 Å². The number of alkyl halides is 1. The molecule has 18 heavy (non-hydrogen) atoms. The highest BCUT2D eigenvalue weighted by Gasteiger charge is 2.12. The zero-order valence-corrected chi connectivity index (χ0v) is 12.7. The summed E-state index contributed by atoms with van der Waals surface area (Å²) >= 11 is 9.59. The summed E-state index contributed by atoms with van der Waals surface area (Å²) in [6.45, 7) is 2.15. The fourth-order valence-electron chi connectivity index (χ4n) is 2.10. The van der Waals surface area contributed by atoms with Gasteiger partial charge in [0, 0.05) is 16.3 Å². The smallest absolute Gasteiger partial charge is 0.0295 e. The number of hydrogen-bond donors (Lipinski definition) is 0. The van der Waals surface area contributed by atoms with E-state index in [1.165, 1.54) is 16.7 Å². The molecular weight excluding hydrogens is 308 g/mol. The van der Waals surface area contributed by atoms with Gasteiger partial charge >= 0.3 is 0 Å². The third-order valence-electron chi connectivity index (χ3n) is 3.26. The molecule has 2 heteroatoms. The molecule has 0 nitrogen and oxygen atoms in total. The zero-order chi connectivity index (χ0) is 13.0. The fraction of sp³-hybridized carbons (Fsp3) is 0.250. The highest BCUT2D eigenvalue weighted by molar-refractivity contribution is 9.10. The number of halogens is 2. The Morgan fingerprint density at radius 1 is 1.06 bits per heavy atom. The summed E-state index contributed by atoms with van der Waals surface area (Å²) in [6, 6.07) is 17.0. The molecule has 0 aliphatic rings. The minimum atomic E-state index is 0.376. The molecule has 0 saturated heterocycles. The quantitative estimate of drug-likeness (QED) is 0.668. The molecule has 0 aromatic heterocycles. The molecule has 0 saturated carbocycles. The van der Waals surface area contributed by atoms with E-state index in [4.69, 9.17) is 11.6 Å². The molecule has 2 rings (SSSR count). The highest BCUT2D eigenvalue weighted by atomic mass is 79.9. The molecule has 0 amide bonds. The first kappa shape index (κ1) is 13.6. The summed E-state index contributed by atoms with van der Waals surface area (Å²) in [4.78, 5) is 0. The van der Waals surface area contributed by atoms with E-state index in [2.05, 4.69) is 71.4 Å². The highest BCUT2D eigenvalue weighted by Crippen LogP contribution is 2.25. The molecule has 94 valence electrons. The Kier molecular flexibility index (Phi) is 4.85. The second-order valence-electron chi connectivity index (χ2n) is 4.53. The maximum atomic E-state index is 6.13. The topological polar surface area (TPSA) is 0 Å². The van der Waals surface area contributed by atoms with Crippen LogP contribution in [0.15, 0.2) is 53.0 Å². The van der Waals surface area contributed by atoms with Crippen LogP contribution in [0, 0.1) is 6.92 Å². The van der Waals surface area contributed by atoms with Gasteiger partial charge < -0.3 is 0 Å². The Morgan fingerprint density at radius 3 is 2.33 bits per heavy atom. The lowest BCUT2D eigenvalue weighted by Crippen LogP contribution is -2.05. The van der Waals surface area contributed by atoms with Crippen LogP contribution in [0.4, 0.5) is 0 Å². The molecule has 1 atom stereocenters. The van der Waals surface area contributed by atoms with Gasteiger partial charge in [0.2, 0.25) is 0 Å². The van der Waals surface area contributed by atoms with Crippen LogP contribution >= 0.6 is 27.5 Å². The van der Waals surface area contributed by atoms with E-state index < -0.39 is 0 Å². The fourth-order valence-corrected chi connectivity index (χ4v) is 2.65. The molecule has 0 fully saturated rings.